The van der Waals surface area contributed by atoms with Gasteiger partial charge in [0.1, 0.15) is 6.61 Å². The SMILES string of the molecule is C=C1COc2c(F)cc(-c3nc(Nc4ccc5c(c4)CNCC5)ncc3Cl)cc2N1C(C)C. The van der Waals surface area contributed by atoms with Gasteiger partial charge in [-0.05, 0) is 62.2 Å². The summed E-state index contributed by atoms with van der Waals surface area (Å²) < 4.78 is 20.6. The van der Waals surface area contributed by atoms with Crippen LogP contribution in [-0.4, -0.2) is 29.2 Å². The predicted molar refractivity (Wildman–Crippen MR) is 130 cm³/mol. The van der Waals surface area contributed by atoms with E-state index in [0.717, 1.165) is 30.9 Å². The van der Waals surface area contributed by atoms with Gasteiger partial charge in [-0.2, -0.15) is 0 Å². The molecule has 3 aromatic rings. The Bertz CT molecular complexity index is 1250. The van der Waals surface area contributed by atoms with Gasteiger partial charge >= 0.3 is 0 Å². The monoisotopic (exact) mass is 465 g/mol. The number of nitrogens with one attached hydrogen (secondary N) is 2. The van der Waals surface area contributed by atoms with Crippen LogP contribution in [0.4, 0.5) is 21.7 Å². The van der Waals surface area contributed by atoms with Crippen molar-refractivity contribution >= 4 is 28.9 Å². The average Bonchev–Trinajstić information content (AvgIpc) is 2.79. The lowest BCUT2D eigenvalue weighted by Gasteiger charge is -2.36. The van der Waals surface area contributed by atoms with Crippen molar-refractivity contribution in [3.05, 3.63) is 70.8 Å². The zero-order valence-electron chi connectivity index (χ0n) is 18.6. The van der Waals surface area contributed by atoms with E-state index in [2.05, 4.69) is 39.3 Å². The molecule has 0 atom stereocenters. The fourth-order valence-corrected chi connectivity index (χ4v) is 4.59. The normalized spacial score (nSPS) is 15.2. The Morgan fingerprint density at radius 1 is 1.24 bits per heavy atom. The number of benzene rings is 2. The fourth-order valence-electron chi connectivity index (χ4n) is 4.39. The van der Waals surface area contributed by atoms with E-state index in [1.807, 2.05) is 30.9 Å². The summed E-state index contributed by atoms with van der Waals surface area (Å²) in [5.41, 5.74) is 5.86. The number of hydrogen-bond acceptors (Lipinski definition) is 6. The summed E-state index contributed by atoms with van der Waals surface area (Å²) in [5, 5.41) is 6.97. The largest absolute Gasteiger partial charge is 0.482 e. The van der Waals surface area contributed by atoms with Gasteiger partial charge in [0, 0.05) is 29.5 Å². The molecule has 6 nitrogen and oxygen atoms in total. The first-order chi connectivity index (χ1) is 15.9. The van der Waals surface area contributed by atoms with Crippen molar-refractivity contribution in [3.63, 3.8) is 0 Å². The number of fused-ring (bicyclic) bond motifs is 2. The predicted octanol–water partition coefficient (Wildman–Crippen LogP) is 5.45. The third-order valence-corrected chi connectivity index (χ3v) is 6.17. The van der Waals surface area contributed by atoms with Gasteiger partial charge in [0.15, 0.2) is 11.6 Å². The molecular weight excluding hydrogens is 441 g/mol. The van der Waals surface area contributed by atoms with Crippen molar-refractivity contribution in [1.29, 1.82) is 0 Å². The maximum Gasteiger partial charge on any atom is 0.227 e. The molecule has 0 bridgehead atoms. The van der Waals surface area contributed by atoms with E-state index in [9.17, 15) is 0 Å². The maximum atomic E-state index is 15.0. The van der Waals surface area contributed by atoms with Crippen LogP contribution in [-0.2, 0) is 13.0 Å². The van der Waals surface area contributed by atoms with Crippen LogP contribution in [0.1, 0.15) is 25.0 Å². The van der Waals surface area contributed by atoms with Crippen molar-refractivity contribution in [2.24, 2.45) is 0 Å². The summed E-state index contributed by atoms with van der Waals surface area (Å²) in [6.45, 7) is 10.2. The minimum absolute atomic E-state index is 0.0893. The molecule has 2 N–H and O–H groups in total. The molecule has 0 saturated carbocycles. The van der Waals surface area contributed by atoms with Gasteiger partial charge in [0.25, 0.3) is 0 Å². The number of ether oxygens (including phenoxy) is 1. The summed E-state index contributed by atoms with van der Waals surface area (Å²) in [7, 11) is 0. The highest BCUT2D eigenvalue weighted by Crippen LogP contribution is 2.42. The summed E-state index contributed by atoms with van der Waals surface area (Å²) in [4.78, 5) is 10.9. The zero-order valence-corrected chi connectivity index (χ0v) is 19.3. The first kappa shape index (κ1) is 21.7. The molecule has 0 unspecified atom stereocenters. The third-order valence-electron chi connectivity index (χ3n) is 5.89. The van der Waals surface area contributed by atoms with E-state index in [1.165, 1.54) is 23.4 Å². The van der Waals surface area contributed by atoms with E-state index in [0.29, 0.717) is 27.9 Å². The van der Waals surface area contributed by atoms with Crippen LogP contribution in [0.25, 0.3) is 11.3 Å². The van der Waals surface area contributed by atoms with Crippen LogP contribution in [0.5, 0.6) is 5.75 Å². The van der Waals surface area contributed by atoms with Gasteiger partial charge in [0.05, 0.1) is 22.6 Å². The molecule has 0 spiro atoms. The molecule has 3 heterocycles. The molecule has 2 aliphatic heterocycles. The topological polar surface area (TPSA) is 62.3 Å². The highest BCUT2D eigenvalue weighted by molar-refractivity contribution is 6.33. The lowest BCUT2D eigenvalue weighted by Crippen LogP contribution is -2.35. The standard InChI is InChI=1S/C25H25ClFN5O/c1-14(2)32-15(3)13-33-24-21(27)9-17(10-22(24)32)23-20(26)12-29-25(31-23)30-19-5-4-16-6-7-28-11-18(16)8-19/h4-5,8-10,12,14,28H,3,6-7,11,13H2,1-2H3,(H,29,30,31). The molecule has 0 aliphatic carbocycles. The number of rotatable bonds is 4. The molecule has 2 aliphatic rings. The molecule has 5 rings (SSSR count). The summed E-state index contributed by atoms with van der Waals surface area (Å²) in [6, 6.07) is 9.57. The first-order valence-corrected chi connectivity index (χ1v) is 11.3. The molecule has 2 aromatic carbocycles. The Kier molecular flexibility index (Phi) is 5.68. The minimum atomic E-state index is -0.466. The molecule has 0 saturated heterocycles. The Balaban J connectivity index is 1.51. The first-order valence-electron chi connectivity index (χ1n) is 11.0. The number of nitrogens with zero attached hydrogens (tertiary/aromatic N) is 3. The molecule has 1 aromatic heterocycles. The van der Waals surface area contributed by atoms with E-state index < -0.39 is 5.82 Å². The van der Waals surface area contributed by atoms with Gasteiger partial charge in [-0.1, -0.05) is 24.2 Å². The molecule has 0 fully saturated rings. The summed E-state index contributed by atoms with van der Waals surface area (Å²) >= 11 is 6.45. The van der Waals surface area contributed by atoms with E-state index in [-0.39, 0.29) is 18.4 Å². The second-order valence-electron chi connectivity index (χ2n) is 8.55. The van der Waals surface area contributed by atoms with Crippen LogP contribution in [0, 0.1) is 5.82 Å². The van der Waals surface area contributed by atoms with Crippen LogP contribution in [0.15, 0.2) is 48.8 Å². The Hall–Kier alpha value is -3.16. The molecule has 0 amide bonds. The van der Waals surface area contributed by atoms with Crippen LogP contribution in [0.2, 0.25) is 5.02 Å². The highest BCUT2D eigenvalue weighted by Gasteiger charge is 2.28. The van der Waals surface area contributed by atoms with Gasteiger partial charge < -0.3 is 20.3 Å². The number of anilines is 3. The second-order valence-corrected chi connectivity index (χ2v) is 8.96. The second kappa shape index (κ2) is 8.65. The molecule has 170 valence electrons. The lowest BCUT2D eigenvalue weighted by atomic mass is 10.0. The minimum Gasteiger partial charge on any atom is -0.482 e. The number of hydrogen-bond donors (Lipinski definition) is 2. The molecule has 33 heavy (non-hydrogen) atoms. The van der Waals surface area contributed by atoms with Gasteiger partial charge in [-0.15, -0.1) is 0 Å². The molecule has 0 radical (unpaired) electrons. The van der Waals surface area contributed by atoms with Gasteiger partial charge in [-0.3, -0.25) is 0 Å². The fraction of sp³-hybridized carbons (Fsp3) is 0.280. The highest BCUT2D eigenvalue weighted by atomic mass is 35.5. The van der Waals surface area contributed by atoms with E-state index in [1.54, 1.807) is 0 Å². The molecular formula is C25H25ClFN5O. The summed E-state index contributed by atoms with van der Waals surface area (Å²) in [6.07, 6.45) is 2.55. The lowest BCUT2D eigenvalue weighted by molar-refractivity contribution is 0.314. The Labute approximate surface area is 197 Å². The van der Waals surface area contributed by atoms with Crippen LogP contribution >= 0.6 is 11.6 Å². The number of aromatic nitrogens is 2. The third kappa shape index (κ3) is 4.14. The maximum absolute atomic E-state index is 15.0. The van der Waals surface area contributed by atoms with Crippen molar-refractivity contribution in [3.8, 4) is 17.0 Å². The van der Waals surface area contributed by atoms with Crippen molar-refractivity contribution in [2.45, 2.75) is 32.9 Å². The van der Waals surface area contributed by atoms with E-state index >= 15 is 4.39 Å². The van der Waals surface area contributed by atoms with Crippen LogP contribution in [0.3, 0.4) is 0 Å². The Morgan fingerprint density at radius 2 is 2.09 bits per heavy atom. The van der Waals surface area contributed by atoms with Crippen LogP contribution < -0.4 is 20.3 Å². The summed E-state index contributed by atoms with van der Waals surface area (Å²) in [5.74, 6) is 0.135. The average molecular weight is 466 g/mol. The van der Waals surface area contributed by atoms with Gasteiger partial charge in [0.2, 0.25) is 5.95 Å². The van der Waals surface area contributed by atoms with Crippen molar-refractivity contribution < 1.29 is 9.13 Å². The van der Waals surface area contributed by atoms with Gasteiger partial charge in [-0.25, -0.2) is 14.4 Å². The van der Waals surface area contributed by atoms with E-state index in [4.69, 9.17) is 16.3 Å². The quantitative estimate of drug-likeness (QED) is 0.534. The number of halogens is 2. The zero-order chi connectivity index (χ0) is 23.1. The smallest absolute Gasteiger partial charge is 0.227 e. The molecule has 8 heteroatoms. The Morgan fingerprint density at radius 3 is 2.91 bits per heavy atom. The van der Waals surface area contributed by atoms with Crippen molar-refractivity contribution in [1.82, 2.24) is 15.3 Å². The van der Waals surface area contributed by atoms with Crippen molar-refractivity contribution in [2.75, 3.05) is 23.4 Å².